The van der Waals surface area contributed by atoms with Crippen LogP contribution in [0.3, 0.4) is 0 Å². The second-order valence-electron chi connectivity index (χ2n) is 6.20. The van der Waals surface area contributed by atoms with E-state index in [1.807, 2.05) is 6.92 Å². The standard InChI is InChI=1S/C18H29N5O/c1-2-20-18(21-12-5-9-15-7-3-4-8-15)22-14-17(24)23-16-10-6-11-19-13-16/h6,10-11,13,15H,2-5,7-9,12,14H2,1H3,(H,23,24)(H2,20,21,22). The van der Waals surface area contributed by atoms with E-state index in [1.54, 1.807) is 24.5 Å². The maximum atomic E-state index is 11.9. The van der Waals surface area contributed by atoms with Gasteiger partial charge in [-0.2, -0.15) is 0 Å². The van der Waals surface area contributed by atoms with Crippen LogP contribution in [0, 0.1) is 5.92 Å². The van der Waals surface area contributed by atoms with Crippen LogP contribution in [0.25, 0.3) is 0 Å². The minimum Gasteiger partial charge on any atom is -0.357 e. The Labute approximate surface area is 144 Å². The Kier molecular flexibility index (Phi) is 8.07. The number of rotatable bonds is 8. The zero-order chi connectivity index (χ0) is 17.0. The maximum absolute atomic E-state index is 11.9. The van der Waals surface area contributed by atoms with Crippen molar-refractivity contribution in [1.29, 1.82) is 0 Å². The van der Waals surface area contributed by atoms with Crippen molar-refractivity contribution in [3.8, 4) is 0 Å². The number of guanidine groups is 1. The first-order valence-electron chi connectivity index (χ1n) is 9.00. The number of hydrogen-bond acceptors (Lipinski definition) is 3. The number of hydrogen-bond donors (Lipinski definition) is 3. The van der Waals surface area contributed by atoms with Gasteiger partial charge in [0.25, 0.3) is 0 Å². The third-order valence-corrected chi connectivity index (χ3v) is 4.23. The molecule has 0 saturated heterocycles. The minimum atomic E-state index is -0.147. The molecular formula is C18H29N5O. The summed E-state index contributed by atoms with van der Waals surface area (Å²) in [6.45, 7) is 3.78. The van der Waals surface area contributed by atoms with Crippen molar-refractivity contribution in [2.75, 3.05) is 25.0 Å². The van der Waals surface area contributed by atoms with Crippen LogP contribution >= 0.6 is 0 Å². The zero-order valence-corrected chi connectivity index (χ0v) is 14.6. The largest absolute Gasteiger partial charge is 0.357 e. The second-order valence-corrected chi connectivity index (χ2v) is 6.20. The molecule has 0 radical (unpaired) electrons. The Morgan fingerprint density at radius 2 is 2.17 bits per heavy atom. The van der Waals surface area contributed by atoms with Gasteiger partial charge in [-0.1, -0.05) is 25.7 Å². The molecule has 0 bridgehead atoms. The van der Waals surface area contributed by atoms with Crippen molar-refractivity contribution in [2.24, 2.45) is 10.9 Å². The number of carbonyl (C=O) groups is 1. The summed E-state index contributed by atoms with van der Waals surface area (Å²) in [4.78, 5) is 20.2. The fraction of sp³-hybridized carbons (Fsp3) is 0.611. The van der Waals surface area contributed by atoms with Gasteiger partial charge in [0.15, 0.2) is 5.96 Å². The Hall–Kier alpha value is -2.11. The van der Waals surface area contributed by atoms with Gasteiger partial charge in [0, 0.05) is 19.3 Å². The number of aliphatic imine (C=N–C) groups is 1. The molecule has 6 nitrogen and oxygen atoms in total. The molecule has 3 N–H and O–H groups in total. The summed E-state index contributed by atoms with van der Waals surface area (Å²) in [7, 11) is 0. The highest BCUT2D eigenvalue weighted by Crippen LogP contribution is 2.28. The SMILES string of the molecule is CCNC(=NCC(=O)Nc1cccnc1)NCCCC1CCCC1. The highest BCUT2D eigenvalue weighted by Gasteiger charge is 2.14. The first kappa shape index (κ1) is 18.2. The van der Waals surface area contributed by atoms with Crippen LogP contribution in [0.15, 0.2) is 29.5 Å². The normalized spacial score (nSPS) is 15.3. The van der Waals surface area contributed by atoms with Crippen LogP contribution in [0.5, 0.6) is 0 Å². The smallest absolute Gasteiger partial charge is 0.246 e. The van der Waals surface area contributed by atoms with E-state index in [2.05, 4.69) is 25.9 Å². The van der Waals surface area contributed by atoms with Crippen molar-refractivity contribution >= 4 is 17.6 Å². The highest BCUT2D eigenvalue weighted by molar-refractivity contribution is 5.93. The predicted octanol–water partition coefficient (Wildman–Crippen LogP) is 2.55. The van der Waals surface area contributed by atoms with E-state index in [4.69, 9.17) is 0 Å². The number of aromatic nitrogens is 1. The van der Waals surface area contributed by atoms with Crippen molar-refractivity contribution in [3.05, 3.63) is 24.5 Å². The molecule has 6 heteroatoms. The van der Waals surface area contributed by atoms with Crippen molar-refractivity contribution < 1.29 is 4.79 Å². The van der Waals surface area contributed by atoms with E-state index >= 15 is 0 Å². The zero-order valence-electron chi connectivity index (χ0n) is 14.6. The van der Waals surface area contributed by atoms with E-state index in [1.165, 1.54) is 32.1 Å². The fourth-order valence-electron chi connectivity index (χ4n) is 3.03. The lowest BCUT2D eigenvalue weighted by Gasteiger charge is -2.13. The minimum absolute atomic E-state index is 0.0901. The number of anilines is 1. The van der Waals surface area contributed by atoms with Crippen LogP contribution in [0.4, 0.5) is 5.69 Å². The summed E-state index contributed by atoms with van der Waals surface area (Å²) in [5.41, 5.74) is 0.687. The molecule has 1 aliphatic carbocycles. The summed E-state index contributed by atoms with van der Waals surface area (Å²) in [5.74, 6) is 1.47. The van der Waals surface area contributed by atoms with E-state index in [9.17, 15) is 4.79 Å². The predicted molar refractivity (Wildman–Crippen MR) is 98.0 cm³/mol. The summed E-state index contributed by atoms with van der Waals surface area (Å²) in [6, 6.07) is 3.59. The van der Waals surface area contributed by atoms with Crippen LogP contribution in [0.1, 0.15) is 45.4 Å². The van der Waals surface area contributed by atoms with Gasteiger partial charge in [0.2, 0.25) is 5.91 Å². The average molecular weight is 331 g/mol. The lowest BCUT2D eigenvalue weighted by molar-refractivity contribution is -0.114. The van der Waals surface area contributed by atoms with Gasteiger partial charge in [-0.3, -0.25) is 9.78 Å². The topological polar surface area (TPSA) is 78.4 Å². The molecule has 24 heavy (non-hydrogen) atoms. The van der Waals surface area contributed by atoms with E-state index in [0.29, 0.717) is 11.6 Å². The van der Waals surface area contributed by atoms with E-state index < -0.39 is 0 Å². The lowest BCUT2D eigenvalue weighted by atomic mass is 10.0. The van der Waals surface area contributed by atoms with Crippen molar-refractivity contribution in [2.45, 2.75) is 45.4 Å². The number of amides is 1. The molecule has 1 aromatic heterocycles. The molecule has 132 valence electrons. The van der Waals surface area contributed by atoms with Gasteiger partial charge in [0.1, 0.15) is 6.54 Å². The summed E-state index contributed by atoms with van der Waals surface area (Å²) >= 11 is 0. The Bertz CT molecular complexity index is 511. The van der Waals surface area contributed by atoms with Crippen LogP contribution in [-0.4, -0.2) is 36.5 Å². The number of pyridine rings is 1. The quantitative estimate of drug-likeness (QED) is 0.389. The highest BCUT2D eigenvalue weighted by atomic mass is 16.1. The summed E-state index contributed by atoms with van der Waals surface area (Å²) in [6.07, 6.45) is 11.3. The van der Waals surface area contributed by atoms with Crippen molar-refractivity contribution in [3.63, 3.8) is 0 Å². The Morgan fingerprint density at radius 1 is 1.33 bits per heavy atom. The summed E-state index contributed by atoms with van der Waals surface area (Å²) in [5, 5.41) is 9.27. The lowest BCUT2D eigenvalue weighted by Crippen LogP contribution is -2.38. The maximum Gasteiger partial charge on any atom is 0.246 e. The molecule has 0 atom stereocenters. The number of nitrogens with one attached hydrogen (secondary N) is 3. The molecular weight excluding hydrogens is 302 g/mol. The Morgan fingerprint density at radius 3 is 2.88 bits per heavy atom. The third-order valence-electron chi connectivity index (χ3n) is 4.23. The summed E-state index contributed by atoms with van der Waals surface area (Å²) < 4.78 is 0. The molecule has 1 fully saturated rings. The molecule has 1 amide bonds. The van der Waals surface area contributed by atoms with Crippen LogP contribution in [-0.2, 0) is 4.79 Å². The third kappa shape index (κ3) is 6.98. The van der Waals surface area contributed by atoms with Crippen LogP contribution in [0.2, 0.25) is 0 Å². The molecule has 1 saturated carbocycles. The molecule has 2 rings (SSSR count). The van der Waals surface area contributed by atoms with Gasteiger partial charge in [-0.15, -0.1) is 0 Å². The van der Waals surface area contributed by atoms with Gasteiger partial charge < -0.3 is 16.0 Å². The molecule has 1 aliphatic rings. The molecule has 0 spiro atoms. The monoisotopic (exact) mass is 331 g/mol. The first-order chi connectivity index (χ1) is 11.8. The second kappa shape index (κ2) is 10.6. The van der Waals surface area contributed by atoms with Crippen molar-refractivity contribution in [1.82, 2.24) is 15.6 Å². The first-order valence-corrected chi connectivity index (χ1v) is 9.00. The number of carbonyl (C=O) groups excluding carboxylic acids is 1. The molecule has 0 aromatic carbocycles. The van der Waals surface area contributed by atoms with Gasteiger partial charge in [0.05, 0.1) is 11.9 Å². The van der Waals surface area contributed by atoms with Gasteiger partial charge in [-0.05, 0) is 37.8 Å². The average Bonchev–Trinajstić information content (AvgIpc) is 3.11. The molecule has 0 aliphatic heterocycles. The van der Waals surface area contributed by atoms with E-state index in [0.717, 1.165) is 25.4 Å². The Balaban J connectivity index is 1.69. The fourth-order valence-corrected chi connectivity index (χ4v) is 3.03. The van der Waals surface area contributed by atoms with Crippen LogP contribution < -0.4 is 16.0 Å². The number of nitrogens with zero attached hydrogens (tertiary/aromatic N) is 2. The molecule has 1 aromatic rings. The molecule has 0 unspecified atom stereocenters. The van der Waals surface area contributed by atoms with E-state index in [-0.39, 0.29) is 12.5 Å². The van der Waals surface area contributed by atoms with Gasteiger partial charge >= 0.3 is 0 Å². The van der Waals surface area contributed by atoms with Gasteiger partial charge in [-0.25, -0.2) is 4.99 Å². The molecule has 1 heterocycles.